The summed E-state index contributed by atoms with van der Waals surface area (Å²) in [6.07, 6.45) is 6.38. The van der Waals surface area contributed by atoms with Crippen LogP contribution in [0.3, 0.4) is 0 Å². The van der Waals surface area contributed by atoms with E-state index in [0.717, 1.165) is 18.8 Å². The van der Waals surface area contributed by atoms with Gasteiger partial charge in [0.2, 0.25) is 0 Å². The summed E-state index contributed by atoms with van der Waals surface area (Å²) in [5, 5.41) is 9.07. The summed E-state index contributed by atoms with van der Waals surface area (Å²) in [5.41, 5.74) is 0. The summed E-state index contributed by atoms with van der Waals surface area (Å²) in [6.45, 7) is 8.63. The van der Waals surface area contributed by atoms with Gasteiger partial charge in [-0.15, -0.1) is 0 Å². The zero-order chi connectivity index (χ0) is 12.6. The average Bonchev–Trinajstić information content (AvgIpc) is 2.21. The molecule has 0 rings (SSSR count). The predicted octanol–water partition coefficient (Wildman–Crippen LogP) is 4.34. The van der Waals surface area contributed by atoms with Crippen molar-refractivity contribution in [3.8, 4) is 0 Å². The Labute approximate surface area is 100 Å². The molecule has 0 aliphatic heterocycles. The number of aliphatic carboxylic acids is 1. The van der Waals surface area contributed by atoms with E-state index >= 15 is 0 Å². The molecule has 0 fully saturated rings. The van der Waals surface area contributed by atoms with Crippen LogP contribution >= 0.6 is 0 Å². The molecule has 0 aromatic rings. The molecule has 0 spiro atoms. The van der Waals surface area contributed by atoms with Crippen LogP contribution < -0.4 is 0 Å². The Morgan fingerprint density at radius 2 is 1.75 bits per heavy atom. The molecule has 0 radical (unpaired) electrons. The molecule has 1 N–H and O–H groups in total. The molecule has 2 heteroatoms. The van der Waals surface area contributed by atoms with Crippen LogP contribution in [-0.2, 0) is 4.79 Å². The molecule has 96 valence electrons. The van der Waals surface area contributed by atoms with Gasteiger partial charge in [-0.3, -0.25) is 4.79 Å². The maximum absolute atomic E-state index is 11.0. The van der Waals surface area contributed by atoms with Crippen molar-refractivity contribution in [2.75, 3.05) is 0 Å². The Morgan fingerprint density at radius 1 is 1.12 bits per heavy atom. The first-order valence-electron chi connectivity index (χ1n) is 6.73. The third-order valence-electron chi connectivity index (χ3n) is 3.31. The van der Waals surface area contributed by atoms with E-state index in [-0.39, 0.29) is 5.92 Å². The van der Waals surface area contributed by atoms with Crippen molar-refractivity contribution in [3.05, 3.63) is 0 Å². The third kappa shape index (κ3) is 6.86. The highest BCUT2D eigenvalue weighted by molar-refractivity contribution is 5.69. The minimum atomic E-state index is -0.617. The lowest BCUT2D eigenvalue weighted by molar-refractivity contribution is -0.142. The summed E-state index contributed by atoms with van der Waals surface area (Å²) >= 11 is 0. The van der Waals surface area contributed by atoms with Crippen molar-refractivity contribution >= 4 is 5.97 Å². The highest BCUT2D eigenvalue weighted by Crippen LogP contribution is 2.25. The zero-order valence-electron chi connectivity index (χ0n) is 11.3. The van der Waals surface area contributed by atoms with Crippen molar-refractivity contribution in [1.82, 2.24) is 0 Å². The Balaban J connectivity index is 4.13. The molecular formula is C14H28O2. The van der Waals surface area contributed by atoms with Crippen LogP contribution in [0.15, 0.2) is 0 Å². The molecule has 0 saturated heterocycles. The molecule has 0 saturated carbocycles. The fraction of sp³-hybridized carbons (Fsp3) is 0.929. The minimum Gasteiger partial charge on any atom is -0.481 e. The van der Waals surface area contributed by atoms with Gasteiger partial charge in [-0.2, -0.15) is 0 Å². The number of carboxylic acids is 1. The van der Waals surface area contributed by atoms with Gasteiger partial charge in [-0.05, 0) is 24.7 Å². The number of hydrogen-bond donors (Lipinski definition) is 1. The van der Waals surface area contributed by atoms with Crippen LogP contribution in [0.1, 0.15) is 66.2 Å². The summed E-state index contributed by atoms with van der Waals surface area (Å²) in [4.78, 5) is 11.0. The first-order chi connectivity index (χ1) is 7.51. The van der Waals surface area contributed by atoms with E-state index in [0.29, 0.717) is 5.92 Å². The van der Waals surface area contributed by atoms with Crippen molar-refractivity contribution in [2.45, 2.75) is 66.2 Å². The van der Waals surface area contributed by atoms with Gasteiger partial charge in [0, 0.05) is 0 Å². The van der Waals surface area contributed by atoms with Crippen molar-refractivity contribution in [2.24, 2.45) is 17.8 Å². The molecule has 0 heterocycles. The second kappa shape index (κ2) is 8.60. The first kappa shape index (κ1) is 15.5. The lowest BCUT2D eigenvalue weighted by Gasteiger charge is -2.20. The molecule has 0 amide bonds. The molecule has 2 atom stereocenters. The normalized spacial score (nSPS) is 15.1. The van der Waals surface area contributed by atoms with E-state index < -0.39 is 5.97 Å². The summed E-state index contributed by atoms with van der Waals surface area (Å²) < 4.78 is 0. The van der Waals surface area contributed by atoms with Gasteiger partial charge < -0.3 is 5.11 Å². The SMILES string of the molecule is CCCC(CCC(C)C)CC(CC)C(=O)O. The fourth-order valence-corrected chi connectivity index (χ4v) is 2.20. The molecule has 0 aromatic heterocycles. The minimum absolute atomic E-state index is 0.135. The van der Waals surface area contributed by atoms with E-state index in [4.69, 9.17) is 5.11 Å². The molecule has 0 bridgehead atoms. The highest BCUT2D eigenvalue weighted by Gasteiger charge is 2.20. The molecule has 2 unspecified atom stereocenters. The molecule has 16 heavy (non-hydrogen) atoms. The lowest BCUT2D eigenvalue weighted by atomic mass is 9.85. The van der Waals surface area contributed by atoms with E-state index in [1.165, 1.54) is 25.7 Å². The quantitative estimate of drug-likeness (QED) is 0.637. The van der Waals surface area contributed by atoms with Crippen LogP contribution in [0.25, 0.3) is 0 Å². The van der Waals surface area contributed by atoms with Gasteiger partial charge in [0.05, 0.1) is 5.92 Å². The van der Waals surface area contributed by atoms with Gasteiger partial charge in [0.1, 0.15) is 0 Å². The van der Waals surface area contributed by atoms with Gasteiger partial charge in [0.15, 0.2) is 0 Å². The average molecular weight is 228 g/mol. The van der Waals surface area contributed by atoms with Crippen LogP contribution in [0.2, 0.25) is 0 Å². The largest absolute Gasteiger partial charge is 0.481 e. The second-order valence-corrected chi connectivity index (χ2v) is 5.31. The molecule has 0 aliphatic carbocycles. The predicted molar refractivity (Wildman–Crippen MR) is 68.5 cm³/mol. The zero-order valence-corrected chi connectivity index (χ0v) is 11.3. The maximum atomic E-state index is 11.0. The monoisotopic (exact) mass is 228 g/mol. The van der Waals surface area contributed by atoms with E-state index in [1.807, 2.05) is 6.92 Å². The van der Waals surface area contributed by atoms with E-state index in [9.17, 15) is 4.79 Å². The number of carbonyl (C=O) groups is 1. The standard InChI is InChI=1S/C14H28O2/c1-5-7-12(9-8-11(3)4)10-13(6-2)14(15)16/h11-13H,5-10H2,1-4H3,(H,15,16). The van der Waals surface area contributed by atoms with E-state index in [1.54, 1.807) is 0 Å². The van der Waals surface area contributed by atoms with E-state index in [2.05, 4.69) is 20.8 Å². The lowest BCUT2D eigenvalue weighted by Crippen LogP contribution is -2.17. The van der Waals surface area contributed by atoms with Crippen LogP contribution in [-0.4, -0.2) is 11.1 Å². The molecule has 0 aromatic carbocycles. The van der Waals surface area contributed by atoms with Gasteiger partial charge >= 0.3 is 5.97 Å². The van der Waals surface area contributed by atoms with Crippen molar-refractivity contribution < 1.29 is 9.90 Å². The Kier molecular flexibility index (Phi) is 8.32. The highest BCUT2D eigenvalue weighted by atomic mass is 16.4. The Bertz CT molecular complexity index is 187. The fourth-order valence-electron chi connectivity index (χ4n) is 2.20. The second-order valence-electron chi connectivity index (χ2n) is 5.31. The van der Waals surface area contributed by atoms with Crippen LogP contribution in [0.4, 0.5) is 0 Å². The summed E-state index contributed by atoms with van der Waals surface area (Å²) in [5.74, 6) is 0.578. The van der Waals surface area contributed by atoms with Gasteiger partial charge in [0.25, 0.3) is 0 Å². The van der Waals surface area contributed by atoms with Crippen LogP contribution in [0.5, 0.6) is 0 Å². The Morgan fingerprint density at radius 3 is 2.12 bits per heavy atom. The summed E-state index contributed by atoms with van der Waals surface area (Å²) in [6, 6.07) is 0. The Hall–Kier alpha value is -0.530. The number of hydrogen-bond acceptors (Lipinski definition) is 1. The molecule has 2 nitrogen and oxygen atoms in total. The maximum Gasteiger partial charge on any atom is 0.306 e. The summed E-state index contributed by atoms with van der Waals surface area (Å²) in [7, 11) is 0. The van der Waals surface area contributed by atoms with Gasteiger partial charge in [-0.25, -0.2) is 0 Å². The van der Waals surface area contributed by atoms with Crippen molar-refractivity contribution in [3.63, 3.8) is 0 Å². The topological polar surface area (TPSA) is 37.3 Å². The smallest absolute Gasteiger partial charge is 0.306 e. The van der Waals surface area contributed by atoms with Crippen LogP contribution in [0, 0.1) is 17.8 Å². The molecule has 0 aliphatic rings. The third-order valence-corrected chi connectivity index (χ3v) is 3.31. The first-order valence-corrected chi connectivity index (χ1v) is 6.73. The van der Waals surface area contributed by atoms with Crippen molar-refractivity contribution in [1.29, 1.82) is 0 Å². The molecular weight excluding hydrogens is 200 g/mol. The van der Waals surface area contributed by atoms with Gasteiger partial charge in [-0.1, -0.05) is 53.4 Å². The number of rotatable bonds is 9. The number of carboxylic acid groups (broad SMARTS) is 1.